The molecule has 0 amide bonds. The van der Waals surface area contributed by atoms with E-state index in [-0.39, 0.29) is 29.1 Å². The van der Waals surface area contributed by atoms with E-state index in [1.165, 1.54) is 0 Å². The normalized spacial score (nSPS) is 22.2. The molecule has 0 aliphatic carbocycles. The Morgan fingerprint density at radius 1 is 1.42 bits per heavy atom. The summed E-state index contributed by atoms with van der Waals surface area (Å²) in [6.45, 7) is 3.69. The van der Waals surface area contributed by atoms with Gasteiger partial charge in [-0.3, -0.25) is 4.79 Å². The molecule has 0 atom stereocenters. The molecule has 3 nitrogen and oxygen atoms in total. The first-order valence-corrected chi connectivity index (χ1v) is 5.96. The molecule has 0 saturated carbocycles. The Labute approximate surface area is 73.1 Å². The first kappa shape index (κ1) is 9.71. The first-order valence-electron chi connectivity index (χ1n) is 4.14. The van der Waals surface area contributed by atoms with Gasteiger partial charge in [0, 0.05) is 12.3 Å². The van der Waals surface area contributed by atoms with Crippen LogP contribution in [0.25, 0.3) is 0 Å². The van der Waals surface area contributed by atoms with Crippen molar-refractivity contribution in [1.29, 1.82) is 0 Å². The number of hydrogen-bond donors (Lipinski definition) is 0. The Morgan fingerprint density at radius 3 is 2.25 bits per heavy atom. The summed E-state index contributed by atoms with van der Waals surface area (Å²) in [6, 6.07) is 0. The molecule has 4 heteroatoms. The molecule has 0 bridgehead atoms. The van der Waals surface area contributed by atoms with Crippen molar-refractivity contribution in [3.8, 4) is 0 Å². The van der Waals surface area contributed by atoms with Gasteiger partial charge in [-0.1, -0.05) is 13.8 Å². The van der Waals surface area contributed by atoms with Gasteiger partial charge < -0.3 is 0 Å². The van der Waals surface area contributed by atoms with Crippen LogP contribution in [0.1, 0.15) is 20.3 Å². The first-order chi connectivity index (χ1) is 5.41. The highest BCUT2D eigenvalue weighted by Gasteiger charge is 2.34. The van der Waals surface area contributed by atoms with E-state index in [4.69, 9.17) is 0 Å². The van der Waals surface area contributed by atoms with E-state index in [1.54, 1.807) is 0 Å². The largest absolute Gasteiger partial charge is 0.299 e. The zero-order chi connectivity index (χ0) is 9.35. The number of ketones is 1. The maximum absolute atomic E-state index is 11.2. The van der Waals surface area contributed by atoms with Gasteiger partial charge in [0.05, 0.1) is 11.5 Å². The van der Waals surface area contributed by atoms with Gasteiger partial charge in [-0.25, -0.2) is 8.42 Å². The van der Waals surface area contributed by atoms with Crippen molar-refractivity contribution in [2.24, 2.45) is 11.8 Å². The molecule has 12 heavy (non-hydrogen) atoms. The van der Waals surface area contributed by atoms with Crippen molar-refractivity contribution in [2.45, 2.75) is 20.3 Å². The second-order valence-corrected chi connectivity index (χ2v) is 5.92. The molecule has 1 aliphatic heterocycles. The topological polar surface area (TPSA) is 51.2 Å². The van der Waals surface area contributed by atoms with Crippen LogP contribution in [0.4, 0.5) is 0 Å². The molecule has 0 aromatic heterocycles. The zero-order valence-corrected chi connectivity index (χ0v) is 8.23. The van der Waals surface area contributed by atoms with Crippen LogP contribution in [0.15, 0.2) is 0 Å². The standard InChI is InChI=1S/C8H14O3S/c1-6(2)8(9)3-7-4-12(10,11)5-7/h6-7H,3-5H2,1-2H3. The zero-order valence-electron chi connectivity index (χ0n) is 7.41. The highest BCUT2D eigenvalue weighted by molar-refractivity contribution is 7.92. The fourth-order valence-corrected chi connectivity index (χ4v) is 2.88. The van der Waals surface area contributed by atoms with Crippen molar-refractivity contribution >= 4 is 15.6 Å². The van der Waals surface area contributed by atoms with Crippen LogP contribution >= 0.6 is 0 Å². The van der Waals surface area contributed by atoms with Crippen molar-refractivity contribution in [2.75, 3.05) is 11.5 Å². The van der Waals surface area contributed by atoms with Crippen LogP contribution in [0.2, 0.25) is 0 Å². The minimum atomic E-state index is -2.75. The molecular formula is C8H14O3S. The monoisotopic (exact) mass is 190 g/mol. The van der Waals surface area contributed by atoms with Crippen LogP contribution in [-0.2, 0) is 14.6 Å². The van der Waals surface area contributed by atoms with Crippen LogP contribution in [-0.4, -0.2) is 25.7 Å². The number of carbonyl (C=O) groups is 1. The molecule has 1 fully saturated rings. The predicted molar refractivity (Wildman–Crippen MR) is 46.6 cm³/mol. The molecule has 1 heterocycles. The Morgan fingerprint density at radius 2 is 1.92 bits per heavy atom. The summed E-state index contributed by atoms with van der Waals surface area (Å²) in [5.41, 5.74) is 0. The average molecular weight is 190 g/mol. The van der Waals surface area contributed by atoms with Gasteiger partial charge >= 0.3 is 0 Å². The molecule has 1 saturated heterocycles. The van der Waals surface area contributed by atoms with Gasteiger partial charge in [0.1, 0.15) is 5.78 Å². The molecule has 0 spiro atoms. The van der Waals surface area contributed by atoms with Crippen molar-refractivity contribution in [3.63, 3.8) is 0 Å². The smallest absolute Gasteiger partial charge is 0.150 e. The van der Waals surface area contributed by atoms with E-state index < -0.39 is 9.84 Å². The number of hydrogen-bond acceptors (Lipinski definition) is 3. The van der Waals surface area contributed by atoms with Crippen molar-refractivity contribution in [3.05, 3.63) is 0 Å². The average Bonchev–Trinajstić information content (AvgIpc) is 1.83. The third-order valence-corrected chi connectivity index (χ3v) is 4.07. The highest BCUT2D eigenvalue weighted by atomic mass is 32.2. The van der Waals surface area contributed by atoms with Crippen molar-refractivity contribution < 1.29 is 13.2 Å². The van der Waals surface area contributed by atoms with Crippen LogP contribution in [0.5, 0.6) is 0 Å². The fraction of sp³-hybridized carbons (Fsp3) is 0.875. The molecule has 70 valence electrons. The second-order valence-electron chi connectivity index (χ2n) is 3.77. The summed E-state index contributed by atoms with van der Waals surface area (Å²) in [5, 5.41) is 0. The Kier molecular flexibility index (Phi) is 2.56. The quantitative estimate of drug-likeness (QED) is 0.656. The summed E-state index contributed by atoms with van der Waals surface area (Å²) in [7, 11) is -2.75. The van der Waals surface area contributed by atoms with E-state index in [2.05, 4.69) is 0 Å². The minimum Gasteiger partial charge on any atom is -0.299 e. The Bertz CT molecular complexity index is 265. The van der Waals surface area contributed by atoms with Gasteiger partial charge in [0.2, 0.25) is 0 Å². The molecule has 1 rings (SSSR count). The lowest BCUT2D eigenvalue weighted by Gasteiger charge is -2.25. The van der Waals surface area contributed by atoms with E-state index in [1.807, 2.05) is 13.8 Å². The number of sulfone groups is 1. The molecule has 1 aliphatic rings. The van der Waals surface area contributed by atoms with Crippen LogP contribution in [0.3, 0.4) is 0 Å². The van der Waals surface area contributed by atoms with Gasteiger partial charge in [-0.05, 0) is 5.92 Å². The third-order valence-electron chi connectivity index (χ3n) is 2.11. The lowest BCUT2D eigenvalue weighted by atomic mass is 9.99. The molecule has 0 radical (unpaired) electrons. The van der Waals surface area contributed by atoms with E-state index in [9.17, 15) is 13.2 Å². The van der Waals surface area contributed by atoms with E-state index >= 15 is 0 Å². The maximum Gasteiger partial charge on any atom is 0.150 e. The Balaban J connectivity index is 2.33. The summed E-state index contributed by atoms with van der Waals surface area (Å²) in [6.07, 6.45) is 0.441. The van der Waals surface area contributed by atoms with Gasteiger partial charge in [0.15, 0.2) is 9.84 Å². The molecule has 0 aromatic carbocycles. The van der Waals surface area contributed by atoms with Crippen LogP contribution < -0.4 is 0 Å². The maximum atomic E-state index is 11.2. The molecular weight excluding hydrogens is 176 g/mol. The van der Waals surface area contributed by atoms with Gasteiger partial charge in [0.25, 0.3) is 0 Å². The second kappa shape index (κ2) is 3.17. The Hall–Kier alpha value is -0.380. The lowest BCUT2D eigenvalue weighted by Crippen LogP contribution is -2.38. The molecule has 0 unspecified atom stereocenters. The summed E-state index contributed by atoms with van der Waals surface area (Å²) in [4.78, 5) is 11.2. The van der Waals surface area contributed by atoms with E-state index in [0.29, 0.717) is 6.42 Å². The predicted octanol–water partition coefficient (Wildman–Crippen LogP) is 0.646. The van der Waals surface area contributed by atoms with Crippen molar-refractivity contribution in [1.82, 2.24) is 0 Å². The van der Waals surface area contributed by atoms with Gasteiger partial charge in [-0.2, -0.15) is 0 Å². The number of Topliss-reactive ketones (excluding diaryl/α,β-unsaturated/α-hetero) is 1. The SMILES string of the molecule is CC(C)C(=O)CC1CS(=O)(=O)C1. The van der Waals surface area contributed by atoms with Gasteiger partial charge in [-0.15, -0.1) is 0 Å². The third kappa shape index (κ3) is 2.30. The lowest BCUT2D eigenvalue weighted by molar-refractivity contribution is -0.122. The highest BCUT2D eigenvalue weighted by Crippen LogP contribution is 2.22. The summed E-state index contributed by atoms with van der Waals surface area (Å²) in [5.74, 6) is 0.741. The number of carbonyl (C=O) groups excluding carboxylic acids is 1. The fourth-order valence-electron chi connectivity index (χ4n) is 1.31. The van der Waals surface area contributed by atoms with E-state index in [0.717, 1.165) is 0 Å². The van der Waals surface area contributed by atoms with Crippen LogP contribution in [0, 0.1) is 11.8 Å². The number of rotatable bonds is 3. The summed E-state index contributed by atoms with van der Waals surface area (Å²) < 4.78 is 21.5. The minimum absolute atomic E-state index is 0.0355. The molecule has 0 N–H and O–H groups in total. The molecule has 0 aromatic rings. The summed E-state index contributed by atoms with van der Waals surface area (Å²) >= 11 is 0.